The number of tetrazole rings is 1. The Hall–Kier alpha value is -2.02. The Morgan fingerprint density at radius 2 is 2.33 bits per heavy atom. The quantitative estimate of drug-likeness (QED) is 0.872. The Balaban J connectivity index is 1.88. The fraction of sp³-hybridized carbons (Fsp3) is 0.500. The molecule has 0 radical (unpaired) electrons. The second kappa shape index (κ2) is 5.77. The van der Waals surface area contributed by atoms with E-state index >= 15 is 0 Å². The van der Waals surface area contributed by atoms with Gasteiger partial charge in [-0.2, -0.15) is 0 Å². The molecule has 2 N–H and O–H groups in total. The number of nitrogens with two attached hydrogens (primary N) is 1. The van der Waals surface area contributed by atoms with Crippen LogP contribution in [0, 0.1) is 18.7 Å². The maximum Gasteiger partial charge on any atom is 0.182 e. The van der Waals surface area contributed by atoms with Crippen LogP contribution >= 0.6 is 0 Å². The SMILES string of the molecule is Cc1c(N)cc(-c2nnnn2CC2CCCOC2)cc1F. The fourth-order valence-electron chi connectivity index (χ4n) is 2.56. The van der Waals surface area contributed by atoms with Crippen LogP contribution in [-0.2, 0) is 11.3 Å². The lowest BCUT2D eigenvalue weighted by Gasteiger charge is -2.22. The predicted octanol–water partition coefficient (Wildman–Crippen LogP) is 1.80. The van der Waals surface area contributed by atoms with Gasteiger partial charge in [-0.3, -0.25) is 0 Å². The van der Waals surface area contributed by atoms with Crippen molar-refractivity contribution >= 4 is 5.69 Å². The van der Waals surface area contributed by atoms with Crippen molar-refractivity contribution in [1.29, 1.82) is 0 Å². The Kier molecular flexibility index (Phi) is 3.83. The largest absolute Gasteiger partial charge is 0.398 e. The summed E-state index contributed by atoms with van der Waals surface area (Å²) in [6.07, 6.45) is 2.14. The van der Waals surface area contributed by atoms with Gasteiger partial charge in [-0.25, -0.2) is 9.07 Å². The molecular weight excluding hydrogens is 273 g/mol. The van der Waals surface area contributed by atoms with E-state index in [1.165, 1.54) is 6.07 Å². The molecular formula is C14H18FN5O. The van der Waals surface area contributed by atoms with Crippen LogP contribution in [0.4, 0.5) is 10.1 Å². The number of rotatable bonds is 3. The van der Waals surface area contributed by atoms with E-state index in [9.17, 15) is 4.39 Å². The molecule has 0 bridgehead atoms. The van der Waals surface area contributed by atoms with Gasteiger partial charge in [-0.15, -0.1) is 5.10 Å². The highest BCUT2D eigenvalue weighted by molar-refractivity contribution is 5.63. The molecule has 1 aromatic heterocycles. The van der Waals surface area contributed by atoms with Crippen LogP contribution in [0.15, 0.2) is 12.1 Å². The van der Waals surface area contributed by atoms with Crippen LogP contribution in [0.25, 0.3) is 11.4 Å². The average molecular weight is 291 g/mol. The van der Waals surface area contributed by atoms with Gasteiger partial charge in [0.15, 0.2) is 5.82 Å². The molecule has 1 saturated heterocycles. The van der Waals surface area contributed by atoms with Gasteiger partial charge in [-0.05, 0) is 42.3 Å². The van der Waals surface area contributed by atoms with Crippen LogP contribution in [0.2, 0.25) is 0 Å². The summed E-state index contributed by atoms with van der Waals surface area (Å²) in [4.78, 5) is 0. The van der Waals surface area contributed by atoms with Crippen molar-refractivity contribution in [2.24, 2.45) is 5.92 Å². The van der Waals surface area contributed by atoms with Gasteiger partial charge in [0.1, 0.15) is 5.82 Å². The summed E-state index contributed by atoms with van der Waals surface area (Å²) in [6, 6.07) is 3.13. The van der Waals surface area contributed by atoms with E-state index in [1.54, 1.807) is 17.7 Å². The topological polar surface area (TPSA) is 78.9 Å². The molecule has 0 saturated carbocycles. The molecule has 3 rings (SSSR count). The van der Waals surface area contributed by atoms with Crippen molar-refractivity contribution < 1.29 is 9.13 Å². The normalized spacial score (nSPS) is 18.9. The highest BCUT2D eigenvalue weighted by Gasteiger charge is 2.19. The number of benzene rings is 1. The van der Waals surface area contributed by atoms with Crippen molar-refractivity contribution in [3.8, 4) is 11.4 Å². The van der Waals surface area contributed by atoms with Crippen molar-refractivity contribution in [1.82, 2.24) is 20.2 Å². The number of halogens is 1. The number of hydrogen-bond donors (Lipinski definition) is 1. The molecule has 2 aromatic rings. The second-order valence-corrected chi connectivity index (χ2v) is 5.44. The Morgan fingerprint density at radius 3 is 3.05 bits per heavy atom. The minimum atomic E-state index is -0.347. The Morgan fingerprint density at radius 1 is 1.48 bits per heavy atom. The molecule has 6 nitrogen and oxygen atoms in total. The maximum atomic E-state index is 13.8. The maximum absolute atomic E-state index is 13.8. The summed E-state index contributed by atoms with van der Waals surface area (Å²) < 4.78 is 21.0. The molecule has 1 aliphatic heterocycles. The number of hydrogen-bond acceptors (Lipinski definition) is 5. The van der Waals surface area contributed by atoms with E-state index < -0.39 is 0 Å². The van der Waals surface area contributed by atoms with E-state index in [0.717, 1.165) is 19.4 Å². The standard InChI is InChI=1S/C14H18FN5O/c1-9-12(15)5-11(6-13(9)16)14-17-18-19-20(14)7-10-3-2-4-21-8-10/h5-6,10H,2-4,7-8,16H2,1H3. The predicted molar refractivity (Wildman–Crippen MR) is 75.9 cm³/mol. The second-order valence-electron chi connectivity index (χ2n) is 5.44. The van der Waals surface area contributed by atoms with E-state index in [4.69, 9.17) is 10.5 Å². The first-order valence-electron chi connectivity index (χ1n) is 7.05. The summed E-state index contributed by atoms with van der Waals surface area (Å²) in [6.45, 7) is 3.84. The smallest absolute Gasteiger partial charge is 0.182 e. The summed E-state index contributed by atoms with van der Waals surface area (Å²) in [5.41, 5.74) is 7.27. The van der Waals surface area contributed by atoms with E-state index in [-0.39, 0.29) is 5.82 Å². The van der Waals surface area contributed by atoms with Crippen LogP contribution in [0.3, 0.4) is 0 Å². The summed E-state index contributed by atoms with van der Waals surface area (Å²) in [5.74, 6) is 0.570. The molecule has 7 heteroatoms. The van der Waals surface area contributed by atoms with Gasteiger partial charge < -0.3 is 10.5 Å². The van der Waals surface area contributed by atoms with Gasteiger partial charge in [0.05, 0.1) is 13.2 Å². The zero-order valence-electron chi connectivity index (χ0n) is 11.9. The molecule has 0 amide bonds. The molecule has 0 aliphatic carbocycles. The van der Waals surface area contributed by atoms with Gasteiger partial charge >= 0.3 is 0 Å². The fourth-order valence-corrected chi connectivity index (χ4v) is 2.56. The molecule has 21 heavy (non-hydrogen) atoms. The van der Waals surface area contributed by atoms with Gasteiger partial charge in [0, 0.05) is 29.3 Å². The number of ether oxygens (including phenoxy) is 1. The number of nitrogens with zero attached hydrogens (tertiary/aromatic N) is 4. The zero-order chi connectivity index (χ0) is 14.8. The summed E-state index contributed by atoms with van der Waals surface area (Å²) in [7, 11) is 0. The molecule has 2 heterocycles. The zero-order valence-corrected chi connectivity index (χ0v) is 11.9. The highest BCUT2D eigenvalue weighted by Crippen LogP contribution is 2.25. The minimum Gasteiger partial charge on any atom is -0.398 e. The average Bonchev–Trinajstić information content (AvgIpc) is 2.93. The number of nitrogen functional groups attached to an aromatic ring is 1. The lowest BCUT2D eigenvalue weighted by molar-refractivity contribution is 0.0470. The molecule has 0 spiro atoms. The highest BCUT2D eigenvalue weighted by atomic mass is 19.1. The van der Waals surface area contributed by atoms with E-state index in [1.807, 2.05) is 0 Å². The third kappa shape index (κ3) is 2.87. The third-order valence-electron chi connectivity index (χ3n) is 3.86. The first-order chi connectivity index (χ1) is 10.1. The Bertz CT molecular complexity index is 613. The van der Waals surface area contributed by atoms with Gasteiger partial charge in [0.2, 0.25) is 0 Å². The van der Waals surface area contributed by atoms with Crippen molar-refractivity contribution in [3.05, 3.63) is 23.5 Å². The van der Waals surface area contributed by atoms with Crippen LogP contribution < -0.4 is 5.73 Å². The number of aromatic nitrogens is 4. The minimum absolute atomic E-state index is 0.347. The van der Waals surface area contributed by atoms with Crippen molar-refractivity contribution in [2.75, 3.05) is 18.9 Å². The molecule has 1 atom stereocenters. The third-order valence-corrected chi connectivity index (χ3v) is 3.86. The molecule has 1 aliphatic rings. The molecule has 112 valence electrons. The molecule has 1 fully saturated rings. The summed E-state index contributed by atoms with van der Waals surface area (Å²) in [5, 5.41) is 11.7. The monoisotopic (exact) mass is 291 g/mol. The van der Waals surface area contributed by atoms with Crippen molar-refractivity contribution in [3.63, 3.8) is 0 Å². The lowest BCUT2D eigenvalue weighted by atomic mass is 10.0. The van der Waals surface area contributed by atoms with Gasteiger partial charge in [-0.1, -0.05) is 0 Å². The van der Waals surface area contributed by atoms with Crippen LogP contribution in [0.5, 0.6) is 0 Å². The van der Waals surface area contributed by atoms with Crippen LogP contribution in [0.1, 0.15) is 18.4 Å². The molecule has 1 unspecified atom stereocenters. The Labute approximate surface area is 122 Å². The lowest BCUT2D eigenvalue weighted by Crippen LogP contribution is -2.23. The van der Waals surface area contributed by atoms with Crippen LogP contribution in [-0.4, -0.2) is 33.4 Å². The first-order valence-corrected chi connectivity index (χ1v) is 7.05. The van der Waals surface area contributed by atoms with E-state index in [0.29, 0.717) is 41.7 Å². The van der Waals surface area contributed by atoms with E-state index in [2.05, 4.69) is 15.5 Å². The number of anilines is 1. The molecule has 1 aromatic carbocycles. The first kappa shape index (κ1) is 13.9. The van der Waals surface area contributed by atoms with Gasteiger partial charge in [0.25, 0.3) is 0 Å². The van der Waals surface area contributed by atoms with Crippen molar-refractivity contribution in [2.45, 2.75) is 26.3 Å². The summed E-state index contributed by atoms with van der Waals surface area (Å²) >= 11 is 0.